The third-order valence-corrected chi connectivity index (χ3v) is 5.74. The van der Waals surface area contributed by atoms with Crippen LogP contribution in [0.3, 0.4) is 0 Å². The van der Waals surface area contributed by atoms with Crippen molar-refractivity contribution >= 4 is 17.5 Å². The fourth-order valence-electron chi connectivity index (χ4n) is 3.95. The number of carbonyl (C=O) groups is 3. The fraction of sp³-hybridized carbons (Fsp3) is 0.222. The van der Waals surface area contributed by atoms with Crippen molar-refractivity contribution in [1.29, 1.82) is 0 Å². The second kappa shape index (κ2) is 9.60. The van der Waals surface area contributed by atoms with E-state index in [1.165, 1.54) is 6.92 Å². The lowest BCUT2D eigenvalue weighted by Gasteiger charge is -2.32. The first-order valence-corrected chi connectivity index (χ1v) is 10.8. The van der Waals surface area contributed by atoms with Gasteiger partial charge >= 0.3 is 0 Å². The molecule has 0 unspecified atom stereocenters. The highest BCUT2D eigenvalue weighted by molar-refractivity contribution is 6.00. The first-order valence-electron chi connectivity index (χ1n) is 10.8. The molecule has 1 amide bonds. The van der Waals surface area contributed by atoms with Crippen LogP contribution >= 0.6 is 0 Å². The maximum Gasteiger partial charge on any atom is 0.253 e. The van der Waals surface area contributed by atoms with E-state index in [2.05, 4.69) is 0 Å². The number of amides is 1. The normalized spacial score (nSPS) is 15.8. The zero-order chi connectivity index (χ0) is 22.5. The zero-order valence-electron chi connectivity index (χ0n) is 18.0. The number of rotatable bonds is 6. The van der Waals surface area contributed by atoms with Gasteiger partial charge in [-0.2, -0.15) is 0 Å². The van der Waals surface area contributed by atoms with E-state index in [1.807, 2.05) is 30.3 Å². The van der Waals surface area contributed by atoms with Crippen molar-refractivity contribution in [2.45, 2.75) is 19.8 Å². The van der Waals surface area contributed by atoms with Crippen LogP contribution in [0.2, 0.25) is 0 Å². The highest BCUT2D eigenvalue weighted by Gasteiger charge is 2.29. The second-order valence-corrected chi connectivity index (χ2v) is 8.03. The number of hydrogen-bond acceptors (Lipinski definition) is 4. The highest BCUT2D eigenvalue weighted by Crippen LogP contribution is 2.25. The van der Waals surface area contributed by atoms with Gasteiger partial charge in [0.05, 0.1) is 0 Å². The van der Waals surface area contributed by atoms with Gasteiger partial charge in [0.25, 0.3) is 5.91 Å². The van der Waals surface area contributed by atoms with E-state index in [9.17, 15) is 14.4 Å². The summed E-state index contributed by atoms with van der Waals surface area (Å²) in [4.78, 5) is 39.2. The van der Waals surface area contributed by atoms with Gasteiger partial charge in [-0.25, -0.2) is 0 Å². The van der Waals surface area contributed by atoms with Crippen LogP contribution in [0.1, 0.15) is 50.8 Å². The number of Topliss-reactive ketones (excluding diaryl/α,β-unsaturated/α-hetero) is 2. The maximum absolute atomic E-state index is 13.1. The molecule has 1 atom stereocenters. The minimum absolute atomic E-state index is 0.0344. The molecule has 1 heterocycles. The van der Waals surface area contributed by atoms with Crippen molar-refractivity contribution < 1.29 is 19.1 Å². The Labute approximate surface area is 187 Å². The molecule has 0 aliphatic carbocycles. The van der Waals surface area contributed by atoms with Crippen LogP contribution in [0.25, 0.3) is 0 Å². The molecule has 1 aliphatic heterocycles. The lowest BCUT2D eigenvalue weighted by molar-refractivity contribution is 0.0636. The van der Waals surface area contributed by atoms with Crippen molar-refractivity contribution in [1.82, 2.24) is 4.90 Å². The summed E-state index contributed by atoms with van der Waals surface area (Å²) in [7, 11) is 0. The minimum atomic E-state index is -0.231. The molecule has 1 saturated heterocycles. The number of carbonyl (C=O) groups excluding carboxylic acids is 3. The summed E-state index contributed by atoms with van der Waals surface area (Å²) in [6.45, 7) is 2.52. The number of benzene rings is 3. The average molecular weight is 428 g/mol. The third-order valence-electron chi connectivity index (χ3n) is 5.74. The molecule has 1 aliphatic rings. The molecule has 4 rings (SSSR count). The third kappa shape index (κ3) is 4.94. The highest BCUT2D eigenvalue weighted by atomic mass is 16.5. The average Bonchev–Trinajstić information content (AvgIpc) is 2.84. The Hall–Kier alpha value is -3.73. The van der Waals surface area contributed by atoms with Crippen LogP contribution < -0.4 is 4.74 Å². The fourth-order valence-corrected chi connectivity index (χ4v) is 3.95. The minimum Gasteiger partial charge on any atom is -0.457 e. The first-order chi connectivity index (χ1) is 15.5. The van der Waals surface area contributed by atoms with Crippen molar-refractivity contribution in [3.8, 4) is 11.5 Å². The summed E-state index contributed by atoms with van der Waals surface area (Å²) in [6, 6.07) is 23.3. The summed E-state index contributed by atoms with van der Waals surface area (Å²) in [5.41, 5.74) is 1.73. The Kier molecular flexibility index (Phi) is 6.45. The van der Waals surface area contributed by atoms with Crippen LogP contribution in [0.15, 0.2) is 78.9 Å². The summed E-state index contributed by atoms with van der Waals surface area (Å²) >= 11 is 0. The monoisotopic (exact) mass is 427 g/mol. The standard InChI is InChI=1S/C27H25NO4/c1-19(29)20-9-11-22(12-10-20)27(31)28-17-5-6-23(18-28)26(30)21-13-15-25(16-14-21)32-24-7-3-2-4-8-24/h2-4,7-16,23H,5-6,17-18H2,1H3/t23-/m0/s1. The van der Waals surface area contributed by atoms with Gasteiger partial charge in [0.1, 0.15) is 11.5 Å². The smallest absolute Gasteiger partial charge is 0.253 e. The molecule has 32 heavy (non-hydrogen) atoms. The van der Waals surface area contributed by atoms with Crippen LogP contribution in [-0.2, 0) is 0 Å². The lowest BCUT2D eigenvalue weighted by atomic mass is 9.89. The van der Waals surface area contributed by atoms with E-state index in [-0.39, 0.29) is 23.4 Å². The maximum atomic E-state index is 13.1. The van der Waals surface area contributed by atoms with E-state index < -0.39 is 0 Å². The summed E-state index contributed by atoms with van der Waals surface area (Å²) < 4.78 is 5.79. The number of nitrogens with zero attached hydrogens (tertiary/aromatic N) is 1. The molecule has 162 valence electrons. The van der Waals surface area contributed by atoms with Gasteiger partial charge in [0.15, 0.2) is 11.6 Å². The Morgan fingerprint density at radius 2 is 1.38 bits per heavy atom. The molecular weight excluding hydrogens is 402 g/mol. The number of ether oxygens (including phenoxy) is 1. The molecule has 0 saturated carbocycles. The Morgan fingerprint density at radius 3 is 2.03 bits per heavy atom. The van der Waals surface area contributed by atoms with E-state index >= 15 is 0 Å². The van der Waals surface area contributed by atoms with Crippen LogP contribution in [0, 0.1) is 5.92 Å². The van der Waals surface area contributed by atoms with Crippen LogP contribution in [-0.4, -0.2) is 35.5 Å². The summed E-state index contributed by atoms with van der Waals surface area (Å²) in [6.07, 6.45) is 1.54. The van der Waals surface area contributed by atoms with Crippen molar-refractivity contribution in [2.75, 3.05) is 13.1 Å². The van der Waals surface area contributed by atoms with Gasteiger partial charge in [-0.05, 0) is 68.3 Å². The van der Waals surface area contributed by atoms with E-state index in [0.29, 0.717) is 35.5 Å². The number of piperidine rings is 1. The van der Waals surface area contributed by atoms with E-state index in [4.69, 9.17) is 4.74 Å². The predicted molar refractivity (Wildman–Crippen MR) is 122 cm³/mol. The second-order valence-electron chi connectivity index (χ2n) is 8.03. The van der Waals surface area contributed by atoms with Gasteiger partial charge in [0.2, 0.25) is 0 Å². The Balaban J connectivity index is 1.40. The Bertz CT molecular complexity index is 1100. The van der Waals surface area contributed by atoms with Crippen molar-refractivity contribution in [2.24, 2.45) is 5.92 Å². The molecule has 0 bridgehead atoms. The molecule has 1 fully saturated rings. The summed E-state index contributed by atoms with van der Waals surface area (Å²) in [5.74, 6) is 1.08. The first kappa shape index (κ1) is 21.5. The SMILES string of the molecule is CC(=O)c1ccc(C(=O)N2CCC[C@H](C(=O)c3ccc(Oc4ccccc4)cc3)C2)cc1. The molecule has 0 aromatic heterocycles. The summed E-state index contributed by atoms with van der Waals surface area (Å²) in [5, 5.41) is 0. The molecule has 3 aromatic carbocycles. The van der Waals surface area contributed by atoms with Gasteiger partial charge in [-0.15, -0.1) is 0 Å². The Morgan fingerprint density at radius 1 is 0.781 bits per heavy atom. The molecule has 0 spiro atoms. The number of hydrogen-bond donors (Lipinski definition) is 0. The van der Waals surface area contributed by atoms with Crippen LogP contribution in [0.5, 0.6) is 11.5 Å². The molecule has 5 heteroatoms. The van der Waals surface area contributed by atoms with Gasteiger partial charge in [-0.3, -0.25) is 14.4 Å². The molecule has 0 N–H and O–H groups in total. The van der Waals surface area contributed by atoms with Gasteiger partial charge in [-0.1, -0.05) is 30.3 Å². The number of para-hydroxylation sites is 1. The molecule has 3 aromatic rings. The lowest BCUT2D eigenvalue weighted by Crippen LogP contribution is -2.42. The van der Waals surface area contributed by atoms with E-state index in [1.54, 1.807) is 53.4 Å². The zero-order valence-corrected chi connectivity index (χ0v) is 18.0. The quantitative estimate of drug-likeness (QED) is 0.493. The topological polar surface area (TPSA) is 63.7 Å². The van der Waals surface area contributed by atoms with Crippen molar-refractivity contribution in [3.63, 3.8) is 0 Å². The number of ketones is 2. The van der Waals surface area contributed by atoms with Gasteiger partial charge < -0.3 is 9.64 Å². The molecule has 0 radical (unpaired) electrons. The largest absolute Gasteiger partial charge is 0.457 e. The predicted octanol–water partition coefficient (Wildman–Crippen LogP) is 5.42. The van der Waals surface area contributed by atoms with Gasteiger partial charge in [0, 0.05) is 35.7 Å². The van der Waals surface area contributed by atoms with Crippen LogP contribution in [0.4, 0.5) is 0 Å². The number of likely N-dealkylation sites (tertiary alicyclic amines) is 1. The van der Waals surface area contributed by atoms with E-state index in [0.717, 1.165) is 18.6 Å². The molecule has 5 nitrogen and oxygen atoms in total. The molecular formula is C27H25NO4. The van der Waals surface area contributed by atoms with Crippen molar-refractivity contribution in [3.05, 3.63) is 95.6 Å².